The van der Waals surface area contributed by atoms with Gasteiger partial charge in [-0.2, -0.15) is 0 Å². The van der Waals surface area contributed by atoms with Gasteiger partial charge in [-0.1, -0.05) is 6.58 Å². The summed E-state index contributed by atoms with van der Waals surface area (Å²) in [5, 5.41) is 0. The first-order valence-electron chi connectivity index (χ1n) is 8.97. The molecule has 0 spiro atoms. The van der Waals surface area contributed by atoms with E-state index in [0.717, 1.165) is 0 Å². The molecular weight excluding hydrogens is 344 g/mol. The van der Waals surface area contributed by atoms with Gasteiger partial charge in [-0.25, -0.2) is 0 Å². The Balaban J connectivity index is 2.96. The topological polar surface area (TPSA) is 73.8 Å². The van der Waals surface area contributed by atoms with Crippen LogP contribution in [-0.2, 0) is 37.9 Å². The molecule has 0 aromatic heterocycles. The SMILES string of the molecule is [CH2]COCCOCCOCCOCCOCCOCCOCCOC=C. The van der Waals surface area contributed by atoms with Crippen LogP contribution < -0.4 is 0 Å². The summed E-state index contributed by atoms with van der Waals surface area (Å²) in [5.41, 5.74) is 0. The quantitative estimate of drug-likeness (QED) is 0.193. The molecule has 0 amide bonds. The van der Waals surface area contributed by atoms with Crippen molar-refractivity contribution in [3.63, 3.8) is 0 Å². The van der Waals surface area contributed by atoms with Crippen molar-refractivity contribution >= 4 is 0 Å². The molecule has 0 heterocycles. The van der Waals surface area contributed by atoms with E-state index in [4.69, 9.17) is 37.9 Å². The summed E-state index contributed by atoms with van der Waals surface area (Å²) in [6, 6.07) is 0. The molecule has 0 aliphatic rings. The fraction of sp³-hybridized carbons (Fsp3) is 0.833. The highest BCUT2D eigenvalue weighted by Gasteiger charge is 1.94. The van der Waals surface area contributed by atoms with Gasteiger partial charge in [0, 0.05) is 6.61 Å². The van der Waals surface area contributed by atoms with Crippen molar-refractivity contribution in [2.24, 2.45) is 0 Å². The average molecular weight is 379 g/mol. The van der Waals surface area contributed by atoms with Crippen molar-refractivity contribution in [1.82, 2.24) is 0 Å². The molecule has 0 atom stereocenters. The normalized spacial score (nSPS) is 11.0. The van der Waals surface area contributed by atoms with Gasteiger partial charge in [0.1, 0.15) is 6.61 Å². The van der Waals surface area contributed by atoms with Crippen LogP contribution in [0.5, 0.6) is 0 Å². The molecule has 0 bridgehead atoms. The first kappa shape index (κ1) is 25.3. The molecule has 0 fully saturated rings. The molecule has 0 saturated carbocycles. The minimum Gasteiger partial charge on any atom is -0.499 e. The second-order valence-corrected chi connectivity index (χ2v) is 4.82. The standard InChI is InChI=1S/C18H35O8/c1-3-19-5-7-21-9-11-23-13-15-25-17-18-26-16-14-24-12-10-22-8-6-20-4-2/h3H,1-2,4-18H2. The van der Waals surface area contributed by atoms with E-state index in [1.165, 1.54) is 6.26 Å². The van der Waals surface area contributed by atoms with Gasteiger partial charge in [0.25, 0.3) is 0 Å². The molecule has 8 nitrogen and oxygen atoms in total. The smallest absolute Gasteiger partial charge is 0.111 e. The van der Waals surface area contributed by atoms with Gasteiger partial charge in [-0.3, -0.25) is 0 Å². The summed E-state index contributed by atoms with van der Waals surface area (Å²) in [6.45, 7) is 15.1. The van der Waals surface area contributed by atoms with Crippen LogP contribution in [0.15, 0.2) is 12.8 Å². The average Bonchev–Trinajstić information content (AvgIpc) is 2.66. The lowest BCUT2D eigenvalue weighted by atomic mass is 10.6. The highest BCUT2D eigenvalue weighted by molar-refractivity contribution is 4.47. The van der Waals surface area contributed by atoms with Crippen molar-refractivity contribution < 1.29 is 37.9 Å². The molecule has 1 radical (unpaired) electrons. The fourth-order valence-corrected chi connectivity index (χ4v) is 1.61. The van der Waals surface area contributed by atoms with Crippen molar-refractivity contribution in [3.05, 3.63) is 19.8 Å². The molecule has 0 aromatic rings. The maximum atomic E-state index is 5.39. The molecule has 8 heteroatoms. The summed E-state index contributed by atoms with van der Waals surface area (Å²) in [5.74, 6) is 0. The Morgan fingerprint density at radius 3 is 0.962 bits per heavy atom. The Morgan fingerprint density at radius 1 is 0.423 bits per heavy atom. The maximum Gasteiger partial charge on any atom is 0.111 e. The minimum atomic E-state index is 0.468. The number of hydrogen-bond donors (Lipinski definition) is 0. The predicted molar refractivity (Wildman–Crippen MR) is 97.2 cm³/mol. The van der Waals surface area contributed by atoms with Crippen LogP contribution in [-0.4, -0.2) is 99.1 Å². The molecule has 26 heavy (non-hydrogen) atoms. The molecule has 0 N–H and O–H groups in total. The first-order valence-corrected chi connectivity index (χ1v) is 8.97. The van der Waals surface area contributed by atoms with Crippen molar-refractivity contribution in [2.45, 2.75) is 0 Å². The first-order chi connectivity index (χ1) is 12.9. The van der Waals surface area contributed by atoms with E-state index in [0.29, 0.717) is 99.1 Å². The number of ether oxygens (including phenoxy) is 8. The van der Waals surface area contributed by atoms with Crippen molar-refractivity contribution in [2.75, 3.05) is 99.1 Å². The summed E-state index contributed by atoms with van der Waals surface area (Å²) in [4.78, 5) is 0. The van der Waals surface area contributed by atoms with Crippen LogP contribution in [0, 0.1) is 6.92 Å². The lowest BCUT2D eigenvalue weighted by Gasteiger charge is -2.08. The van der Waals surface area contributed by atoms with Crippen LogP contribution in [0.3, 0.4) is 0 Å². The van der Waals surface area contributed by atoms with E-state index >= 15 is 0 Å². The van der Waals surface area contributed by atoms with Gasteiger partial charge in [0.05, 0.1) is 92.2 Å². The predicted octanol–water partition coefficient (Wildman–Crippen LogP) is 1.10. The van der Waals surface area contributed by atoms with Crippen molar-refractivity contribution in [3.8, 4) is 0 Å². The van der Waals surface area contributed by atoms with Gasteiger partial charge >= 0.3 is 0 Å². The number of rotatable bonds is 23. The monoisotopic (exact) mass is 379 g/mol. The van der Waals surface area contributed by atoms with Crippen LogP contribution in [0.2, 0.25) is 0 Å². The lowest BCUT2D eigenvalue weighted by molar-refractivity contribution is -0.0210. The Kier molecular flexibility index (Phi) is 23.6. The molecule has 0 aromatic carbocycles. The third-order valence-corrected chi connectivity index (χ3v) is 2.84. The van der Waals surface area contributed by atoms with Crippen LogP contribution in [0.25, 0.3) is 0 Å². The zero-order chi connectivity index (χ0) is 19.0. The van der Waals surface area contributed by atoms with E-state index < -0.39 is 0 Å². The highest BCUT2D eigenvalue weighted by atomic mass is 16.6. The van der Waals surface area contributed by atoms with Crippen LogP contribution in [0.1, 0.15) is 0 Å². The van der Waals surface area contributed by atoms with Crippen LogP contribution in [0.4, 0.5) is 0 Å². The van der Waals surface area contributed by atoms with Gasteiger partial charge in [0.2, 0.25) is 0 Å². The summed E-state index contributed by atoms with van der Waals surface area (Å²) < 4.78 is 42.0. The molecule has 155 valence electrons. The van der Waals surface area contributed by atoms with Gasteiger partial charge < -0.3 is 37.9 Å². The van der Waals surface area contributed by atoms with Gasteiger partial charge in [-0.05, 0) is 6.92 Å². The number of hydrogen-bond acceptors (Lipinski definition) is 8. The third-order valence-electron chi connectivity index (χ3n) is 2.84. The Bertz CT molecular complexity index is 266. The summed E-state index contributed by atoms with van der Waals surface area (Å²) in [7, 11) is 0. The Labute approximate surface area is 157 Å². The third kappa shape index (κ3) is 23.3. The Morgan fingerprint density at radius 2 is 0.692 bits per heavy atom. The minimum absolute atomic E-state index is 0.468. The zero-order valence-corrected chi connectivity index (χ0v) is 15.9. The Hall–Kier alpha value is -0.740. The zero-order valence-electron chi connectivity index (χ0n) is 15.9. The fourth-order valence-electron chi connectivity index (χ4n) is 1.61. The van der Waals surface area contributed by atoms with Gasteiger partial charge in [-0.15, -0.1) is 0 Å². The van der Waals surface area contributed by atoms with Crippen LogP contribution >= 0.6 is 0 Å². The van der Waals surface area contributed by atoms with Crippen molar-refractivity contribution in [1.29, 1.82) is 0 Å². The second-order valence-electron chi connectivity index (χ2n) is 4.82. The van der Waals surface area contributed by atoms with E-state index in [1.807, 2.05) is 0 Å². The molecule has 0 aliphatic heterocycles. The van der Waals surface area contributed by atoms with Gasteiger partial charge in [0.15, 0.2) is 0 Å². The summed E-state index contributed by atoms with van der Waals surface area (Å²) >= 11 is 0. The van der Waals surface area contributed by atoms with E-state index in [1.54, 1.807) is 0 Å². The molecule has 0 unspecified atom stereocenters. The van der Waals surface area contributed by atoms with E-state index in [-0.39, 0.29) is 0 Å². The van der Waals surface area contributed by atoms with E-state index in [2.05, 4.69) is 13.5 Å². The molecular formula is C18H35O8. The van der Waals surface area contributed by atoms with E-state index in [9.17, 15) is 0 Å². The summed E-state index contributed by atoms with van der Waals surface area (Å²) in [6.07, 6.45) is 1.40. The lowest BCUT2D eigenvalue weighted by Crippen LogP contribution is -2.14. The molecule has 0 rings (SSSR count). The largest absolute Gasteiger partial charge is 0.499 e. The molecule has 0 aliphatic carbocycles. The highest BCUT2D eigenvalue weighted by Crippen LogP contribution is 1.85. The maximum absolute atomic E-state index is 5.39. The second kappa shape index (κ2) is 24.3. The molecule has 0 saturated heterocycles.